The molecule has 0 bridgehead atoms. The quantitative estimate of drug-likeness (QED) is 0.179. The van der Waals surface area contributed by atoms with Crippen LogP contribution in [0.3, 0.4) is 0 Å². The molecule has 0 fully saturated rings. The SMILES string of the molecule is CC(F)(F)c1ccc(-c2ccc3c(c2)C(F)(F)c2cc4c(cc2-3)C(F)(F)c2cc(-c3ccc(C(C)(F)F)cc3)ccc2-4)cc1. The highest BCUT2D eigenvalue weighted by molar-refractivity contribution is 5.90. The fourth-order valence-corrected chi connectivity index (χ4v) is 6.20. The van der Waals surface area contributed by atoms with Gasteiger partial charge in [-0.15, -0.1) is 0 Å². The van der Waals surface area contributed by atoms with Gasteiger partial charge in [0.05, 0.1) is 0 Å². The first-order valence-electron chi connectivity index (χ1n) is 13.8. The van der Waals surface area contributed by atoms with E-state index in [1.807, 2.05) is 0 Å². The number of hydrogen-bond acceptors (Lipinski definition) is 0. The van der Waals surface area contributed by atoms with E-state index in [4.69, 9.17) is 0 Å². The Bertz CT molecular complexity index is 1810. The first-order valence-corrected chi connectivity index (χ1v) is 13.8. The lowest BCUT2D eigenvalue weighted by Crippen LogP contribution is -2.13. The Morgan fingerprint density at radius 3 is 1.00 bits per heavy atom. The van der Waals surface area contributed by atoms with Crippen LogP contribution in [0, 0.1) is 0 Å². The lowest BCUT2D eigenvalue weighted by Gasteiger charge is -2.16. The van der Waals surface area contributed by atoms with Crippen LogP contribution in [0.2, 0.25) is 0 Å². The summed E-state index contributed by atoms with van der Waals surface area (Å²) in [6, 6.07) is 21.5. The summed E-state index contributed by atoms with van der Waals surface area (Å²) in [7, 11) is 0. The van der Waals surface area contributed by atoms with Crippen LogP contribution in [0.25, 0.3) is 44.5 Å². The standard InChI is InChI=1S/C36H22F8/c1-33(37,38)23-9-3-19(4-10-23)21-7-13-25-27-17-32-28(18-31(27)35(41,42)29(25)15-21)26-14-8-22(16-30(26)36(32,43)44)20-5-11-24(12-6-20)34(2,39)40/h3-18H,1-2H3. The molecule has 0 aliphatic heterocycles. The highest BCUT2D eigenvalue weighted by Crippen LogP contribution is 2.58. The Morgan fingerprint density at radius 2 is 0.682 bits per heavy atom. The highest BCUT2D eigenvalue weighted by Gasteiger charge is 2.50. The molecule has 222 valence electrons. The minimum Gasteiger partial charge on any atom is -0.202 e. The van der Waals surface area contributed by atoms with Crippen molar-refractivity contribution in [1.29, 1.82) is 0 Å². The molecule has 0 saturated heterocycles. The first-order chi connectivity index (χ1) is 20.6. The third kappa shape index (κ3) is 4.18. The smallest absolute Gasteiger partial charge is 0.202 e. The zero-order chi connectivity index (χ0) is 31.4. The predicted octanol–water partition coefficient (Wildman–Crippen LogP) is 11.5. The van der Waals surface area contributed by atoms with Crippen LogP contribution >= 0.6 is 0 Å². The van der Waals surface area contributed by atoms with Crippen LogP contribution < -0.4 is 0 Å². The van der Waals surface area contributed by atoms with E-state index in [0.717, 1.165) is 26.0 Å². The number of benzene rings is 5. The summed E-state index contributed by atoms with van der Waals surface area (Å²) < 4.78 is 118. The molecule has 7 rings (SSSR count). The van der Waals surface area contributed by atoms with Gasteiger partial charge in [-0.05, 0) is 68.8 Å². The molecule has 0 unspecified atom stereocenters. The van der Waals surface area contributed by atoms with Crippen molar-refractivity contribution in [2.45, 2.75) is 37.5 Å². The Labute approximate surface area is 247 Å². The van der Waals surface area contributed by atoms with E-state index in [9.17, 15) is 17.6 Å². The van der Waals surface area contributed by atoms with Crippen molar-refractivity contribution in [2.24, 2.45) is 0 Å². The summed E-state index contributed by atoms with van der Waals surface area (Å²) >= 11 is 0. The molecule has 5 aromatic rings. The van der Waals surface area contributed by atoms with E-state index in [1.165, 1.54) is 72.8 Å². The summed E-state index contributed by atoms with van der Waals surface area (Å²) in [6.07, 6.45) is 0. The van der Waals surface area contributed by atoms with Crippen molar-refractivity contribution >= 4 is 0 Å². The fourth-order valence-electron chi connectivity index (χ4n) is 6.20. The molecule has 0 aromatic heterocycles. The highest BCUT2D eigenvalue weighted by atomic mass is 19.3. The van der Waals surface area contributed by atoms with Crippen molar-refractivity contribution in [1.82, 2.24) is 0 Å². The average Bonchev–Trinajstić information content (AvgIpc) is 3.34. The van der Waals surface area contributed by atoms with Gasteiger partial charge in [-0.25, -0.2) is 17.6 Å². The largest absolute Gasteiger partial charge is 0.299 e. The van der Waals surface area contributed by atoms with Gasteiger partial charge in [-0.1, -0.05) is 72.8 Å². The molecule has 0 nitrogen and oxygen atoms in total. The molecule has 0 radical (unpaired) electrons. The van der Waals surface area contributed by atoms with Crippen LogP contribution in [0.15, 0.2) is 97.1 Å². The maximum Gasteiger partial charge on any atom is 0.299 e. The number of alkyl halides is 8. The minimum absolute atomic E-state index is 0.0000558. The Kier molecular flexibility index (Phi) is 5.81. The number of hydrogen-bond donors (Lipinski definition) is 0. The van der Waals surface area contributed by atoms with E-state index in [2.05, 4.69) is 0 Å². The lowest BCUT2D eigenvalue weighted by molar-refractivity contribution is 0.0168. The third-order valence-electron chi connectivity index (χ3n) is 8.58. The molecule has 5 aromatic carbocycles. The van der Waals surface area contributed by atoms with E-state index in [1.54, 1.807) is 12.1 Å². The van der Waals surface area contributed by atoms with E-state index in [-0.39, 0.29) is 44.5 Å². The normalized spacial score (nSPS) is 15.9. The second kappa shape index (κ2) is 9.03. The van der Waals surface area contributed by atoms with Crippen LogP contribution in [-0.4, -0.2) is 0 Å². The zero-order valence-electron chi connectivity index (χ0n) is 23.3. The van der Waals surface area contributed by atoms with E-state index >= 15 is 17.6 Å². The summed E-state index contributed by atoms with van der Waals surface area (Å²) in [5.74, 6) is -13.1. The third-order valence-corrected chi connectivity index (χ3v) is 8.58. The number of rotatable bonds is 4. The molecule has 0 amide bonds. The average molecular weight is 607 g/mol. The van der Waals surface area contributed by atoms with Gasteiger partial charge in [0, 0.05) is 47.2 Å². The van der Waals surface area contributed by atoms with Crippen LogP contribution in [0.1, 0.15) is 47.2 Å². The van der Waals surface area contributed by atoms with Crippen molar-refractivity contribution in [3.05, 3.63) is 130 Å². The Morgan fingerprint density at radius 1 is 0.386 bits per heavy atom. The Hall–Kier alpha value is -4.46. The molecule has 0 saturated carbocycles. The minimum atomic E-state index is -3.49. The van der Waals surface area contributed by atoms with Crippen LogP contribution in [0.4, 0.5) is 35.1 Å². The predicted molar refractivity (Wildman–Crippen MR) is 153 cm³/mol. The lowest BCUT2D eigenvalue weighted by atomic mass is 9.96. The van der Waals surface area contributed by atoms with Gasteiger partial charge < -0.3 is 0 Å². The first kappa shape index (κ1) is 28.3. The molecule has 0 N–H and O–H groups in total. The summed E-state index contributed by atoms with van der Waals surface area (Å²) in [5, 5.41) is 0. The molecular weight excluding hydrogens is 584 g/mol. The summed E-state index contributed by atoms with van der Waals surface area (Å²) in [5.41, 5.74) is 0.0285. The molecule has 0 heterocycles. The van der Waals surface area contributed by atoms with E-state index in [0.29, 0.717) is 22.3 Å². The molecule has 0 spiro atoms. The summed E-state index contributed by atoms with van der Waals surface area (Å²) in [6.45, 7) is 1.54. The maximum atomic E-state index is 15.9. The molecule has 0 atom stereocenters. The Balaban J connectivity index is 1.28. The van der Waals surface area contributed by atoms with Gasteiger partial charge in [-0.3, -0.25) is 0 Å². The van der Waals surface area contributed by atoms with Gasteiger partial charge in [0.25, 0.3) is 23.7 Å². The topological polar surface area (TPSA) is 0 Å². The zero-order valence-corrected chi connectivity index (χ0v) is 23.3. The van der Waals surface area contributed by atoms with Gasteiger partial charge in [0.2, 0.25) is 0 Å². The maximum absolute atomic E-state index is 15.9. The van der Waals surface area contributed by atoms with Gasteiger partial charge in [0.15, 0.2) is 0 Å². The number of halogens is 8. The fraction of sp³-hybridized carbons (Fsp3) is 0.167. The van der Waals surface area contributed by atoms with E-state index < -0.39 is 34.8 Å². The molecular formula is C36H22F8. The molecule has 2 aliphatic rings. The van der Waals surface area contributed by atoms with Crippen LogP contribution in [-0.2, 0) is 23.7 Å². The van der Waals surface area contributed by atoms with Gasteiger partial charge in [-0.2, -0.15) is 17.6 Å². The van der Waals surface area contributed by atoms with Gasteiger partial charge in [0.1, 0.15) is 0 Å². The van der Waals surface area contributed by atoms with Crippen molar-refractivity contribution in [3.63, 3.8) is 0 Å². The number of fused-ring (bicyclic) bond motifs is 6. The monoisotopic (exact) mass is 606 g/mol. The van der Waals surface area contributed by atoms with Crippen LogP contribution in [0.5, 0.6) is 0 Å². The van der Waals surface area contributed by atoms with Crippen molar-refractivity contribution in [2.75, 3.05) is 0 Å². The second-order valence-corrected chi connectivity index (χ2v) is 11.5. The second-order valence-electron chi connectivity index (χ2n) is 11.5. The van der Waals surface area contributed by atoms with Gasteiger partial charge >= 0.3 is 0 Å². The van der Waals surface area contributed by atoms with Crippen molar-refractivity contribution in [3.8, 4) is 44.5 Å². The molecule has 8 heteroatoms. The summed E-state index contributed by atoms with van der Waals surface area (Å²) in [4.78, 5) is 0. The molecule has 2 aliphatic carbocycles. The van der Waals surface area contributed by atoms with Crippen molar-refractivity contribution < 1.29 is 35.1 Å². The molecule has 44 heavy (non-hydrogen) atoms.